The maximum atomic E-state index is 12.6. The molecule has 0 atom stereocenters. The van der Waals surface area contributed by atoms with Crippen molar-refractivity contribution in [2.24, 2.45) is 0 Å². The number of hydrogen-bond donors (Lipinski definition) is 0. The van der Waals surface area contributed by atoms with Gasteiger partial charge in [0.25, 0.3) is 0 Å². The molecule has 0 aromatic heterocycles. The lowest BCUT2D eigenvalue weighted by Gasteiger charge is -2.42. The van der Waals surface area contributed by atoms with Crippen molar-refractivity contribution in [3.63, 3.8) is 0 Å². The van der Waals surface area contributed by atoms with Crippen molar-refractivity contribution in [2.75, 3.05) is 40.4 Å². The number of methoxy groups -OCH3 is 1. The third-order valence-corrected chi connectivity index (χ3v) is 4.75. The Labute approximate surface area is 137 Å². The fraction of sp³-hybridized carbons (Fsp3) is 0.500. The Morgan fingerprint density at radius 3 is 2.57 bits per heavy atom. The number of carbonyl (C=O) groups is 1. The second-order valence-corrected chi connectivity index (χ2v) is 6.19. The third-order valence-electron chi connectivity index (χ3n) is 4.75. The van der Waals surface area contributed by atoms with Gasteiger partial charge in [0, 0.05) is 38.6 Å². The zero-order valence-electron chi connectivity index (χ0n) is 13.8. The molecular weight excluding hydrogens is 292 g/mol. The molecule has 5 nitrogen and oxygen atoms in total. The number of benzene rings is 1. The molecule has 0 saturated carbocycles. The highest BCUT2D eigenvalue weighted by Crippen LogP contribution is 2.34. The van der Waals surface area contributed by atoms with Gasteiger partial charge in [0.05, 0.1) is 13.7 Å². The largest absolute Gasteiger partial charge is 0.497 e. The van der Waals surface area contributed by atoms with E-state index in [2.05, 4.69) is 11.9 Å². The van der Waals surface area contributed by atoms with Gasteiger partial charge in [0.1, 0.15) is 11.5 Å². The number of piperidine rings is 1. The average molecular weight is 316 g/mol. The summed E-state index contributed by atoms with van der Waals surface area (Å²) in [4.78, 5) is 16.8. The number of nitrogens with zero attached hydrogens (tertiary/aromatic N) is 2. The molecular formula is C18H24N2O3. The van der Waals surface area contributed by atoms with Crippen LogP contribution in [0.2, 0.25) is 0 Å². The van der Waals surface area contributed by atoms with Gasteiger partial charge >= 0.3 is 0 Å². The van der Waals surface area contributed by atoms with Gasteiger partial charge < -0.3 is 19.3 Å². The molecule has 2 aliphatic rings. The molecule has 0 aliphatic carbocycles. The Balaban J connectivity index is 1.68. The van der Waals surface area contributed by atoms with Crippen LogP contribution in [0.25, 0.3) is 6.08 Å². The van der Waals surface area contributed by atoms with Gasteiger partial charge in [-0.2, -0.15) is 0 Å². The van der Waals surface area contributed by atoms with E-state index in [9.17, 15) is 4.79 Å². The van der Waals surface area contributed by atoms with E-state index in [0.29, 0.717) is 13.2 Å². The lowest BCUT2D eigenvalue weighted by molar-refractivity contribution is -0.152. The first-order valence-corrected chi connectivity index (χ1v) is 8.09. The van der Waals surface area contributed by atoms with E-state index in [0.717, 1.165) is 37.2 Å². The highest BCUT2D eigenvalue weighted by molar-refractivity contribution is 5.92. The average Bonchev–Trinajstić information content (AvgIpc) is 2.99. The molecule has 3 rings (SSSR count). The van der Waals surface area contributed by atoms with Crippen molar-refractivity contribution in [3.05, 3.63) is 35.9 Å². The van der Waals surface area contributed by atoms with Crippen LogP contribution in [0.5, 0.6) is 5.75 Å². The monoisotopic (exact) mass is 316 g/mol. The highest BCUT2D eigenvalue weighted by atomic mass is 16.5. The minimum atomic E-state index is -0.395. The summed E-state index contributed by atoms with van der Waals surface area (Å²) in [5, 5.41) is 0. The van der Waals surface area contributed by atoms with Crippen LogP contribution in [0, 0.1) is 0 Å². The van der Waals surface area contributed by atoms with Crippen LogP contribution in [-0.2, 0) is 9.53 Å². The molecule has 0 bridgehead atoms. The first-order chi connectivity index (χ1) is 11.1. The molecule has 0 N–H and O–H groups in total. The van der Waals surface area contributed by atoms with Crippen LogP contribution in [0.15, 0.2) is 30.3 Å². The first-order valence-electron chi connectivity index (χ1n) is 8.09. The number of hydrogen-bond acceptors (Lipinski definition) is 4. The molecule has 23 heavy (non-hydrogen) atoms. The molecule has 2 aliphatic heterocycles. The van der Waals surface area contributed by atoms with Crippen LogP contribution in [0.4, 0.5) is 0 Å². The van der Waals surface area contributed by atoms with E-state index >= 15 is 0 Å². The molecule has 5 heteroatoms. The fourth-order valence-corrected chi connectivity index (χ4v) is 3.27. The van der Waals surface area contributed by atoms with E-state index in [4.69, 9.17) is 9.47 Å². The summed E-state index contributed by atoms with van der Waals surface area (Å²) in [5.74, 6) is 0.842. The van der Waals surface area contributed by atoms with E-state index in [1.807, 2.05) is 35.2 Å². The fourth-order valence-electron chi connectivity index (χ4n) is 3.27. The highest BCUT2D eigenvalue weighted by Gasteiger charge is 2.45. The molecule has 1 aromatic rings. The normalized spacial score (nSPS) is 21.2. The molecule has 1 spiro atoms. The van der Waals surface area contributed by atoms with Crippen LogP contribution in [0.1, 0.15) is 18.4 Å². The summed E-state index contributed by atoms with van der Waals surface area (Å²) in [5.41, 5.74) is 0.588. The molecule has 124 valence electrons. The second kappa shape index (κ2) is 6.72. The predicted octanol–water partition coefficient (Wildman–Crippen LogP) is 1.99. The maximum Gasteiger partial charge on any atom is 0.248 e. The zero-order chi connectivity index (χ0) is 16.3. The number of ether oxygens (including phenoxy) is 2. The van der Waals surface area contributed by atoms with Gasteiger partial charge in [0.2, 0.25) is 5.91 Å². The summed E-state index contributed by atoms with van der Waals surface area (Å²) in [6, 6.07) is 7.66. The minimum absolute atomic E-state index is 0.0304. The van der Waals surface area contributed by atoms with Gasteiger partial charge in [-0.1, -0.05) is 12.1 Å². The predicted molar refractivity (Wildman–Crippen MR) is 89.2 cm³/mol. The zero-order valence-corrected chi connectivity index (χ0v) is 13.8. The van der Waals surface area contributed by atoms with Crippen molar-refractivity contribution in [1.29, 1.82) is 0 Å². The number of likely N-dealkylation sites (tertiary alicyclic amines) is 1. The summed E-state index contributed by atoms with van der Waals surface area (Å²) in [6.07, 6.45) is 5.26. The van der Waals surface area contributed by atoms with Crippen LogP contribution in [0.3, 0.4) is 0 Å². The Morgan fingerprint density at radius 1 is 1.22 bits per heavy atom. The first kappa shape index (κ1) is 16.0. The lowest BCUT2D eigenvalue weighted by Crippen LogP contribution is -2.53. The van der Waals surface area contributed by atoms with Crippen LogP contribution < -0.4 is 4.74 Å². The molecule has 2 saturated heterocycles. The van der Waals surface area contributed by atoms with Gasteiger partial charge in [-0.3, -0.25) is 4.79 Å². The minimum Gasteiger partial charge on any atom is -0.497 e. The Hall–Kier alpha value is -1.85. The summed E-state index contributed by atoms with van der Waals surface area (Å²) >= 11 is 0. The standard InChI is InChI=1S/C18H24N2O3/c1-19-11-9-18(10-12-19)20(13-14-23-18)17(21)8-5-15-3-6-16(22-2)7-4-15/h3-8H,9-14H2,1-2H3/b8-5+. The summed E-state index contributed by atoms with van der Waals surface area (Å²) in [6.45, 7) is 3.24. The molecule has 1 amide bonds. The molecule has 2 heterocycles. The van der Waals surface area contributed by atoms with Gasteiger partial charge in [-0.15, -0.1) is 0 Å². The maximum absolute atomic E-state index is 12.6. The second-order valence-electron chi connectivity index (χ2n) is 6.19. The molecule has 0 unspecified atom stereocenters. The summed E-state index contributed by atoms with van der Waals surface area (Å²) < 4.78 is 11.1. The number of rotatable bonds is 3. The van der Waals surface area contributed by atoms with Crippen molar-refractivity contribution in [3.8, 4) is 5.75 Å². The van der Waals surface area contributed by atoms with Gasteiger partial charge in [0.15, 0.2) is 0 Å². The molecule has 0 radical (unpaired) electrons. The van der Waals surface area contributed by atoms with Crippen molar-refractivity contribution in [1.82, 2.24) is 9.80 Å². The van der Waals surface area contributed by atoms with E-state index in [-0.39, 0.29) is 5.91 Å². The van der Waals surface area contributed by atoms with Crippen molar-refractivity contribution in [2.45, 2.75) is 18.6 Å². The lowest BCUT2D eigenvalue weighted by atomic mass is 9.99. The van der Waals surface area contributed by atoms with Crippen molar-refractivity contribution >= 4 is 12.0 Å². The van der Waals surface area contributed by atoms with Crippen LogP contribution >= 0.6 is 0 Å². The molecule has 1 aromatic carbocycles. The van der Waals surface area contributed by atoms with Gasteiger partial charge in [-0.25, -0.2) is 0 Å². The van der Waals surface area contributed by atoms with Crippen molar-refractivity contribution < 1.29 is 14.3 Å². The quantitative estimate of drug-likeness (QED) is 0.800. The van der Waals surface area contributed by atoms with E-state index in [1.165, 1.54) is 0 Å². The van der Waals surface area contributed by atoms with Gasteiger partial charge in [-0.05, 0) is 30.8 Å². The third kappa shape index (κ3) is 3.41. The van der Waals surface area contributed by atoms with E-state index < -0.39 is 5.72 Å². The summed E-state index contributed by atoms with van der Waals surface area (Å²) in [7, 11) is 3.75. The van der Waals surface area contributed by atoms with E-state index in [1.54, 1.807) is 13.2 Å². The SMILES string of the molecule is COc1ccc(/C=C/C(=O)N2CCOC23CCN(C)CC3)cc1. The smallest absolute Gasteiger partial charge is 0.248 e. The Bertz CT molecular complexity index is 574. The molecule has 2 fully saturated rings. The van der Waals surface area contributed by atoms with Crippen LogP contribution in [-0.4, -0.2) is 61.8 Å². The number of amides is 1. The number of carbonyl (C=O) groups excluding carboxylic acids is 1. The Kier molecular flexibility index (Phi) is 4.68. The topological polar surface area (TPSA) is 42.0 Å². The Morgan fingerprint density at radius 2 is 1.91 bits per heavy atom.